The van der Waals surface area contributed by atoms with Gasteiger partial charge in [0, 0.05) is 11.3 Å². The first kappa shape index (κ1) is 9.10. The number of thiophene rings is 1. The topological polar surface area (TPSA) is 23.8 Å². The predicted octanol–water partition coefficient (Wildman–Crippen LogP) is 2.90. The lowest BCUT2D eigenvalue weighted by atomic mass is 10.1. The second-order valence-corrected chi connectivity index (χ2v) is 5.33. The van der Waals surface area contributed by atoms with Crippen LogP contribution in [0.3, 0.4) is 0 Å². The van der Waals surface area contributed by atoms with E-state index in [1.807, 2.05) is 19.9 Å². The van der Waals surface area contributed by atoms with Gasteiger partial charge in [0.05, 0.1) is 4.21 Å². The Hall–Kier alpha value is 0.01000. The van der Waals surface area contributed by atoms with E-state index < -0.39 is 0 Å². The first-order chi connectivity index (χ1) is 5.08. The normalized spacial score (nSPS) is 11.9. The summed E-state index contributed by atoms with van der Waals surface area (Å²) in [6.45, 7) is 3.88. The van der Waals surface area contributed by atoms with Crippen LogP contribution in [0.1, 0.15) is 13.8 Å². The first-order valence-electron chi connectivity index (χ1n) is 3.49. The van der Waals surface area contributed by atoms with Gasteiger partial charge in [0.25, 0.3) is 0 Å². The molecule has 1 N–H and O–H groups in total. The number of nitrogens with one attached hydrogen (secondary N) is 1. The lowest BCUT2D eigenvalue weighted by Gasteiger charge is -2.14. The molecule has 11 heavy (non-hydrogen) atoms. The maximum absolute atomic E-state index is 7.62. The Morgan fingerprint density at radius 1 is 1.64 bits per heavy atom. The van der Waals surface area contributed by atoms with Crippen LogP contribution in [0.2, 0.25) is 0 Å². The molecule has 0 aromatic carbocycles. The molecule has 1 nitrogen and oxygen atoms in total. The summed E-state index contributed by atoms with van der Waals surface area (Å²) < 4.78 is 1.31. The van der Waals surface area contributed by atoms with Crippen molar-refractivity contribution in [1.82, 2.24) is 5.73 Å². The predicted molar refractivity (Wildman–Crippen MR) is 52.2 cm³/mol. The van der Waals surface area contributed by atoms with Crippen LogP contribution in [-0.4, -0.2) is 11.3 Å². The minimum Gasteiger partial charge on any atom is -0.251 e. The summed E-state index contributed by atoms with van der Waals surface area (Å²) in [4.78, 5) is 0. The second-order valence-electron chi connectivity index (χ2n) is 3.10. The molecule has 0 aliphatic heterocycles. The fourth-order valence-corrected chi connectivity index (χ4v) is 2.34. The van der Waals surface area contributed by atoms with Gasteiger partial charge < -0.3 is 0 Å². The van der Waals surface area contributed by atoms with Crippen molar-refractivity contribution in [3.05, 3.63) is 17.5 Å². The quantitative estimate of drug-likeness (QED) is 0.666. The van der Waals surface area contributed by atoms with Gasteiger partial charge in [0.15, 0.2) is 0 Å². The van der Waals surface area contributed by atoms with E-state index in [1.54, 1.807) is 23.1 Å². The van der Waals surface area contributed by atoms with E-state index in [4.69, 9.17) is 5.73 Å². The zero-order chi connectivity index (χ0) is 8.32. The molecule has 1 aromatic rings. The lowest BCUT2D eigenvalue weighted by molar-refractivity contribution is 0.569. The minimum atomic E-state index is -0.311. The van der Waals surface area contributed by atoms with Gasteiger partial charge in [-0.2, -0.15) is 0 Å². The van der Waals surface area contributed by atoms with Gasteiger partial charge in [-0.15, -0.1) is 23.1 Å². The molecule has 0 aliphatic carbocycles. The second kappa shape index (κ2) is 3.61. The van der Waals surface area contributed by atoms with Crippen LogP contribution in [0.15, 0.2) is 21.7 Å². The average Bonchev–Trinajstić information content (AvgIpc) is 2.32. The van der Waals surface area contributed by atoms with Crippen molar-refractivity contribution in [3.63, 3.8) is 0 Å². The standard InChI is InChI=1S/C8H12NS2/c1-8(2,9)6-11-7-4-3-5-10-7/h3-5,9H,6H2,1-2H3. The summed E-state index contributed by atoms with van der Waals surface area (Å²) in [6, 6.07) is 4.14. The number of rotatable bonds is 3. The largest absolute Gasteiger partial charge is 0.251 e. The zero-order valence-corrected chi connectivity index (χ0v) is 8.39. The van der Waals surface area contributed by atoms with Gasteiger partial charge in [-0.1, -0.05) is 6.07 Å². The first-order valence-corrected chi connectivity index (χ1v) is 5.36. The Labute approximate surface area is 76.0 Å². The van der Waals surface area contributed by atoms with Crippen molar-refractivity contribution in [3.8, 4) is 0 Å². The Kier molecular flexibility index (Phi) is 2.98. The Morgan fingerprint density at radius 2 is 2.36 bits per heavy atom. The number of hydrogen-bond acceptors (Lipinski definition) is 2. The third-order valence-electron chi connectivity index (χ3n) is 1.07. The van der Waals surface area contributed by atoms with Crippen LogP contribution >= 0.6 is 23.1 Å². The van der Waals surface area contributed by atoms with Crippen molar-refractivity contribution in [2.45, 2.75) is 23.6 Å². The highest BCUT2D eigenvalue weighted by Gasteiger charge is 2.11. The summed E-state index contributed by atoms with van der Waals surface area (Å²) in [7, 11) is 0. The Bertz CT molecular complexity index is 198. The molecule has 0 saturated heterocycles. The van der Waals surface area contributed by atoms with E-state index in [2.05, 4.69) is 11.4 Å². The fourth-order valence-electron chi connectivity index (χ4n) is 0.597. The van der Waals surface area contributed by atoms with Crippen LogP contribution in [0.25, 0.3) is 0 Å². The van der Waals surface area contributed by atoms with Crippen LogP contribution in [0.4, 0.5) is 0 Å². The molecule has 61 valence electrons. The third kappa shape index (κ3) is 3.79. The molecule has 3 heteroatoms. The molecule has 0 atom stereocenters. The highest BCUT2D eigenvalue weighted by molar-refractivity contribution is 8.01. The van der Waals surface area contributed by atoms with Crippen molar-refractivity contribution in [2.75, 3.05) is 5.75 Å². The van der Waals surface area contributed by atoms with Crippen molar-refractivity contribution in [2.24, 2.45) is 0 Å². The minimum absolute atomic E-state index is 0.311. The highest BCUT2D eigenvalue weighted by Crippen LogP contribution is 2.25. The number of hydrogen-bond donors (Lipinski definition) is 0. The maximum atomic E-state index is 7.62. The molecule has 1 radical (unpaired) electrons. The number of thioether (sulfide) groups is 1. The fraction of sp³-hybridized carbons (Fsp3) is 0.500. The summed E-state index contributed by atoms with van der Waals surface area (Å²) >= 11 is 3.51. The molecule has 0 bridgehead atoms. The van der Waals surface area contributed by atoms with Crippen LogP contribution in [-0.2, 0) is 0 Å². The third-order valence-corrected chi connectivity index (χ3v) is 3.66. The highest BCUT2D eigenvalue weighted by atomic mass is 32.2. The van der Waals surface area contributed by atoms with Gasteiger partial charge in [0.1, 0.15) is 0 Å². The van der Waals surface area contributed by atoms with Gasteiger partial charge in [0.2, 0.25) is 0 Å². The van der Waals surface area contributed by atoms with Crippen molar-refractivity contribution >= 4 is 23.1 Å². The SMILES string of the molecule is CC(C)([NH])CSc1cccs1. The maximum Gasteiger partial charge on any atom is 0.0599 e. The van der Waals surface area contributed by atoms with Gasteiger partial charge in [-0.25, -0.2) is 0 Å². The molecule has 0 unspecified atom stereocenters. The zero-order valence-electron chi connectivity index (χ0n) is 6.76. The summed E-state index contributed by atoms with van der Waals surface area (Å²) in [5.41, 5.74) is 7.31. The van der Waals surface area contributed by atoms with Crippen LogP contribution < -0.4 is 5.73 Å². The van der Waals surface area contributed by atoms with Crippen LogP contribution in [0.5, 0.6) is 0 Å². The smallest absolute Gasteiger partial charge is 0.0599 e. The average molecular weight is 186 g/mol. The Morgan fingerprint density at radius 3 is 2.82 bits per heavy atom. The van der Waals surface area contributed by atoms with Crippen LogP contribution in [0, 0.1) is 0 Å². The van der Waals surface area contributed by atoms with Gasteiger partial charge >= 0.3 is 0 Å². The monoisotopic (exact) mass is 186 g/mol. The Balaban J connectivity index is 2.35. The van der Waals surface area contributed by atoms with E-state index in [9.17, 15) is 0 Å². The van der Waals surface area contributed by atoms with Gasteiger partial charge in [-0.3, -0.25) is 5.73 Å². The summed E-state index contributed by atoms with van der Waals surface area (Å²) in [6.07, 6.45) is 0. The summed E-state index contributed by atoms with van der Waals surface area (Å²) in [5.74, 6) is 0.869. The summed E-state index contributed by atoms with van der Waals surface area (Å²) in [5, 5.41) is 2.07. The molecule has 1 aromatic heterocycles. The van der Waals surface area contributed by atoms with E-state index >= 15 is 0 Å². The lowest BCUT2D eigenvalue weighted by Crippen LogP contribution is -2.24. The molecule has 1 rings (SSSR count). The molecular weight excluding hydrogens is 174 g/mol. The molecule has 0 saturated carbocycles. The van der Waals surface area contributed by atoms with E-state index in [-0.39, 0.29) is 5.54 Å². The molecule has 0 aliphatic rings. The van der Waals surface area contributed by atoms with E-state index in [0.29, 0.717) is 0 Å². The van der Waals surface area contributed by atoms with Crippen molar-refractivity contribution in [1.29, 1.82) is 0 Å². The van der Waals surface area contributed by atoms with Gasteiger partial charge in [-0.05, 0) is 25.3 Å². The molecule has 0 amide bonds. The molecule has 1 heterocycles. The van der Waals surface area contributed by atoms with E-state index in [0.717, 1.165) is 5.75 Å². The molecule has 0 fully saturated rings. The van der Waals surface area contributed by atoms with E-state index in [1.165, 1.54) is 4.21 Å². The molecule has 0 spiro atoms. The molecular formula is C8H12NS2. The van der Waals surface area contributed by atoms with Crippen molar-refractivity contribution < 1.29 is 0 Å².